The van der Waals surface area contributed by atoms with E-state index in [0.717, 1.165) is 44.9 Å². The van der Waals surface area contributed by atoms with Crippen molar-refractivity contribution in [1.29, 1.82) is 0 Å². The lowest BCUT2D eigenvalue weighted by Crippen LogP contribution is -2.60. The summed E-state index contributed by atoms with van der Waals surface area (Å²) in [4.78, 5) is 25.4. The van der Waals surface area contributed by atoms with E-state index in [1.807, 2.05) is 12.2 Å². The van der Waals surface area contributed by atoms with Crippen molar-refractivity contribution in [2.45, 2.75) is 205 Å². The Bertz CT molecular complexity index is 1340. The summed E-state index contributed by atoms with van der Waals surface area (Å²) in [6, 6.07) is 0. The minimum Gasteiger partial charge on any atom is -0.462 e. The number of esters is 2. The molecule has 0 aromatic heterocycles. The molecule has 346 valence electrons. The van der Waals surface area contributed by atoms with Gasteiger partial charge in [-0.05, 0) is 77.0 Å². The maximum Gasteiger partial charge on any atom is 0.306 e. The average Bonchev–Trinajstić information content (AvgIpc) is 3.21. The zero-order valence-corrected chi connectivity index (χ0v) is 37.6. The van der Waals surface area contributed by atoms with Crippen molar-refractivity contribution in [2.24, 2.45) is 0 Å². The Morgan fingerprint density at radius 1 is 0.567 bits per heavy atom. The first-order valence-corrected chi connectivity index (χ1v) is 24.5. The Balaban J connectivity index is 2.51. The highest BCUT2D eigenvalue weighted by atomic mass is 32.2. The maximum atomic E-state index is 12.8. The normalized spacial score (nSPS) is 20.7. The molecule has 1 fully saturated rings. The number of aliphatic hydroxyl groups is 3. The molecule has 13 heteroatoms. The standard InChI is InChI=1S/C47H80O12S/c1-3-5-7-9-11-13-15-17-19-20-22-23-25-27-29-31-33-35-42(48)56-37-40(38-57-47-46(52)45(51)44(50)41(59-47)39-60(53,54)55)58-43(49)36-34-32-30-28-26-24-21-18-16-14-12-10-8-6-4-2/h11,13,17,19,22-23,26-29,40-41,44-47,50-52H,3-10,12,14-16,18,20-21,24-25,30-39H2,1-2H3,(H,53,54,55)/b13-11+,19-17+,23-22+,28-26+,29-27+/t40-,41-,44-,45?,46?,47+/m1/s1. The van der Waals surface area contributed by atoms with Crippen molar-refractivity contribution in [3.63, 3.8) is 0 Å². The van der Waals surface area contributed by atoms with E-state index in [-0.39, 0.29) is 19.4 Å². The molecule has 0 bridgehead atoms. The molecule has 0 amide bonds. The lowest BCUT2D eigenvalue weighted by atomic mass is 10.00. The number of carbonyl (C=O) groups is 2. The zero-order valence-electron chi connectivity index (χ0n) is 36.8. The molecule has 0 radical (unpaired) electrons. The number of aliphatic hydroxyl groups excluding tert-OH is 3. The Morgan fingerprint density at radius 2 is 1.02 bits per heavy atom. The van der Waals surface area contributed by atoms with E-state index < -0.39 is 71.2 Å². The van der Waals surface area contributed by atoms with Crippen molar-refractivity contribution < 1.29 is 56.8 Å². The fraction of sp³-hybridized carbons (Fsp3) is 0.745. The largest absolute Gasteiger partial charge is 0.462 e. The lowest BCUT2D eigenvalue weighted by molar-refractivity contribution is -0.297. The molecule has 6 atom stereocenters. The van der Waals surface area contributed by atoms with E-state index in [0.29, 0.717) is 19.3 Å². The highest BCUT2D eigenvalue weighted by Crippen LogP contribution is 2.24. The third-order valence-corrected chi connectivity index (χ3v) is 10.8. The van der Waals surface area contributed by atoms with Gasteiger partial charge in [0, 0.05) is 12.8 Å². The average molecular weight is 869 g/mol. The van der Waals surface area contributed by atoms with Crippen molar-refractivity contribution >= 4 is 22.1 Å². The van der Waals surface area contributed by atoms with Crippen LogP contribution < -0.4 is 0 Å². The Morgan fingerprint density at radius 3 is 1.58 bits per heavy atom. The van der Waals surface area contributed by atoms with E-state index in [9.17, 15) is 37.9 Å². The van der Waals surface area contributed by atoms with Gasteiger partial charge in [-0.1, -0.05) is 139 Å². The molecule has 4 N–H and O–H groups in total. The van der Waals surface area contributed by atoms with Crippen molar-refractivity contribution in [3.05, 3.63) is 60.8 Å². The Kier molecular flexibility index (Phi) is 34.1. The molecule has 0 aromatic carbocycles. The third-order valence-electron chi connectivity index (χ3n) is 10.1. The quantitative estimate of drug-likeness (QED) is 0.0201. The van der Waals surface area contributed by atoms with Crippen LogP contribution in [-0.2, 0) is 38.7 Å². The number of allylic oxidation sites excluding steroid dienone is 10. The molecule has 0 saturated carbocycles. The van der Waals surface area contributed by atoms with E-state index >= 15 is 0 Å². The third kappa shape index (κ3) is 31.2. The molecule has 0 aromatic rings. The number of hydrogen-bond donors (Lipinski definition) is 4. The van der Waals surface area contributed by atoms with E-state index in [1.54, 1.807) is 0 Å². The first-order valence-electron chi connectivity index (χ1n) is 22.8. The summed E-state index contributed by atoms with van der Waals surface area (Å²) in [6.07, 6.45) is 35.6. The number of carbonyl (C=O) groups excluding carboxylic acids is 2. The molecule has 1 saturated heterocycles. The van der Waals surface area contributed by atoms with Gasteiger partial charge in [-0.25, -0.2) is 0 Å². The minimum absolute atomic E-state index is 0.121. The molecular weight excluding hydrogens is 789 g/mol. The van der Waals surface area contributed by atoms with Gasteiger partial charge in [-0.15, -0.1) is 0 Å². The molecule has 60 heavy (non-hydrogen) atoms. The fourth-order valence-electron chi connectivity index (χ4n) is 6.49. The Labute approximate surface area is 362 Å². The van der Waals surface area contributed by atoms with Crippen LogP contribution in [-0.4, -0.2) is 96.0 Å². The topological polar surface area (TPSA) is 186 Å². The van der Waals surface area contributed by atoms with Crippen LogP contribution in [0, 0.1) is 0 Å². The van der Waals surface area contributed by atoms with Gasteiger partial charge < -0.3 is 34.3 Å². The number of unbranched alkanes of at least 4 members (excludes halogenated alkanes) is 15. The molecule has 1 heterocycles. The number of ether oxygens (including phenoxy) is 4. The predicted octanol–water partition coefficient (Wildman–Crippen LogP) is 9.34. The zero-order chi connectivity index (χ0) is 44.1. The maximum absolute atomic E-state index is 12.8. The molecule has 1 aliphatic rings. The molecule has 2 unspecified atom stereocenters. The van der Waals surface area contributed by atoms with E-state index in [1.165, 1.54) is 77.0 Å². The molecule has 0 aliphatic carbocycles. The molecule has 12 nitrogen and oxygen atoms in total. The van der Waals surface area contributed by atoms with Crippen LogP contribution in [0.25, 0.3) is 0 Å². The van der Waals surface area contributed by atoms with Gasteiger partial charge >= 0.3 is 11.9 Å². The van der Waals surface area contributed by atoms with Crippen LogP contribution in [0.3, 0.4) is 0 Å². The second-order valence-electron chi connectivity index (χ2n) is 15.7. The van der Waals surface area contributed by atoms with Crippen LogP contribution in [0.15, 0.2) is 60.8 Å². The van der Waals surface area contributed by atoms with Crippen LogP contribution in [0.1, 0.15) is 168 Å². The summed E-state index contributed by atoms with van der Waals surface area (Å²) in [6.45, 7) is 3.66. The molecular formula is C47H80O12S. The second kappa shape index (κ2) is 37.0. The van der Waals surface area contributed by atoms with Gasteiger partial charge in [-0.2, -0.15) is 8.42 Å². The first-order chi connectivity index (χ1) is 29.0. The fourth-order valence-corrected chi connectivity index (χ4v) is 7.18. The van der Waals surface area contributed by atoms with Gasteiger partial charge in [0.05, 0.1) is 6.61 Å². The van der Waals surface area contributed by atoms with Gasteiger partial charge in [-0.3, -0.25) is 14.1 Å². The van der Waals surface area contributed by atoms with E-state index in [4.69, 9.17) is 18.9 Å². The Hall–Kier alpha value is -2.65. The van der Waals surface area contributed by atoms with Crippen molar-refractivity contribution in [1.82, 2.24) is 0 Å². The van der Waals surface area contributed by atoms with Crippen LogP contribution in [0.4, 0.5) is 0 Å². The minimum atomic E-state index is -4.61. The van der Waals surface area contributed by atoms with Gasteiger partial charge in [0.15, 0.2) is 12.4 Å². The molecule has 1 aliphatic heterocycles. The van der Waals surface area contributed by atoms with E-state index in [2.05, 4.69) is 62.5 Å². The summed E-state index contributed by atoms with van der Waals surface area (Å²) < 4.78 is 54.0. The number of hydrogen-bond acceptors (Lipinski definition) is 11. The molecule has 1 rings (SSSR count). The smallest absolute Gasteiger partial charge is 0.306 e. The SMILES string of the molecule is CCCCC/C=C/C/C=C/C/C=C/C/C=C/CCCC(=O)OC[C@H](CO[C@H]1O[C@H](CS(=O)(=O)O)[C@@H](O)C(O)C1O)OC(=O)CCCC/C=C/CCCCCCCCCCC. The lowest BCUT2D eigenvalue weighted by Gasteiger charge is -2.40. The number of rotatable bonds is 37. The van der Waals surface area contributed by atoms with Crippen molar-refractivity contribution in [2.75, 3.05) is 19.0 Å². The summed E-state index contributed by atoms with van der Waals surface area (Å²) in [5, 5.41) is 30.9. The predicted molar refractivity (Wildman–Crippen MR) is 238 cm³/mol. The molecule has 0 spiro atoms. The van der Waals surface area contributed by atoms with Crippen LogP contribution in [0.5, 0.6) is 0 Å². The highest BCUT2D eigenvalue weighted by Gasteiger charge is 2.46. The van der Waals surface area contributed by atoms with Crippen LogP contribution in [0.2, 0.25) is 0 Å². The summed E-state index contributed by atoms with van der Waals surface area (Å²) in [5.74, 6) is -2.09. The van der Waals surface area contributed by atoms with Gasteiger partial charge in [0.25, 0.3) is 10.1 Å². The van der Waals surface area contributed by atoms with Crippen molar-refractivity contribution in [3.8, 4) is 0 Å². The summed E-state index contributed by atoms with van der Waals surface area (Å²) in [7, 11) is -4.61. The van der Waals surface area contributed by atoms with Crippen LogP contribution >= 0.6 is 0 Å². The highest BCUT2D eigenvalue weighted by molar-refractivity contribution is 7.85. The summed E-state index contributed by atoms with van der Waals surface area (Å²) >= 11 is 0. The second-order valence-corrected chi connectivity index (χ2v) is 17.2. The summed E-state index contributed by atoms with van der Waals surface area (Å²) in [5.41, 5.74) is 0. The van der Waals surface area contributed by atoms with Gasteiger partial charge in [0.1, 0.15) is 36.8 Å². The van der Waals surface area contributed by atoms with Gasteiger partial charge in [0.2, 0.25) is 0 Å². The first kappa shape index (κ1) is 55.4. The monoisotopic (exact) mass is 869 g/mol.